The Morgan fingerprint density at radius 2 is 2.29 bits per heavy atom. The molecule has 92 valence electrons. The topological polar surface area (TPSA) is 41.1 Å². The predicted molar refractivity (Wildman–Crippen MR) is 72.5 cm³/mol. The molecule has 0 bridgehead atoms. The molecule has 0 fully saturated rings. The summed E-state index contributed by atoms with van der Waals surface area (Å²) in [6.45, 7) is 6.82. The van der Waals surface area contributed by atoms with E-state index in [0.717, 1.165) is 11.3 Å². The van der Waals surface area contributed by atoms with Gasteiger partial charge in [-0.05, 0) is 24.6 Å². The Labute approximate surface area is 107 Å². The third-order valence-electron chi connectivity index (χ3n) is 2.36. The van der Waals surface area contributed by atoms with Crippen LogP contribution < -0.4 is 10.6 Å². The van der Waals surface area contributed by atoms with Gasteiger partial charge in [-0.2, -0.15) is 0 Å². The third kappa shape index (κ3) is 4.59. The molecule has 0 spiro atoms. The molecule has 0 aliphatic carbocycles. The van der Waals surface area contributed by atoms with Gasteiger partial charge in [-0.15, -0.1) is 6.58 Å². The van der Waals surface area contributed by atoms with Gasteiger partial charge in [0.15, 0.2) is 0 Å². The normalized spacial score (nSPS) is 10.0. The van der Waals surface area contributed by atoms with Crippen molar-refractivity contribution in [2.24, 2.45) is 0 Å². The van der Waals surface area contributed by atoms with Crippen LogP contribution in [0.4, 0.5) is 5.69 Å². The fraction of sp³-hybridized carbons (Fsp3) is 0.308. The van der Waals surface area contributed by atoms with E-state index in [1.54, 1.807) is 12.1 Å². The van der Waals surface area contributed by atoms with Crippen LogP contribution in [-0.2, 0) is 4.79 Å². The molecule has 0 saturated carbocycles. The predicted octanol–water partition coefficient (Wildman–Crippen LogP) is 2.75. The van der Waals surface area contributed by atoms with Gasteiger partial charge in [-0.1, -0.05) is 23.7 Å². The van der Waals surface area contributed by atoms with Crippen LogP contribution >= 0.6 is 11.6 Å². The molecule has 1 aromatic rings. The van der Waals surface area contributed by atoms with Crippen LogP contribution in [0.2, 0.25) is 5.02 Å². The van der Waals surface area contributed by atoms with Crippen molar-refractivity contribution in [2.75, 3.05) is 18.4 Å². The van der Waals surface area contributed by atoms with Crippen LogP contribution in [0, 0.1) is 6.92 Å². The third-order valence-corrected chi connectivity index (χ3v) is 2.77. The van der Waals surface area contributed by atoms with Crippen LogP contribution in [0.5, 0.6) is 0 Å². The Balaban J connectivity index is 2.45. The van der Waals surface area contributed by atoms with E-state index in [2.05, 4.69) is 17.2 Å². The quantitative estimate of drug-likeness (QED) is 0.604. The summed E-state index contributed by atoms with van der Waals surface area (Å²) in [6.07, 6.45) is 2.19. The second-order valence-corrected chi connectivity index (χ2v) is 4.11. The largest absolute Gasteiger partial charge is 0.326 e. The molecule has 0 saturated heterocycles. The molecule has 2 N–H and O–H groups in total. The first-order chi connectivity index (χ1) is 8.15. The molecule has 4 heteroatoms. The number of hydrogen-bond donors (Lipinski definition) is 2. The number of amides is 1. The number of nitrogens with one attached hydrogen (secondary N) is 2. The zero-order valence-corrected chi connectivity index (χ0v) is 10.7. The summed E-state index contributed by atoms with van der Waals surface area (Å²) in [7, 11) is 0. The number of benzene rings is 1. The number of anilines is 1. The van der Waals surface area contributed by atoms with E-state index in [0.29, 0.717) is 24.5 Å². The summed E-state index contributed by atoms with van der Waals surface area (Å²) in [4.78, 5) is 11.6. The average molecular weight is 253 g/mol. The Morgan fingerprint density at radius 1 is 1.53 bits per heavy atom. The maximum Gasteiger partial charge on any atom is 0.225 e. The van der Waals surface area contributed by atoms with Crippen LogP contribution in [0.1, 0.15) is 12.0 Å². The Morgan fingerprint density at radius 3 is 3.00 bits per heavy atom. The van der Waals surface area contributed by atoms with Crippen molar-refractivity contribution in [3.8, 4) is 0 Å². The van der Waals surface area contributed by atoms with Crippen molar-refractivity contribution in [2.45, 2.75) is 13.3 Å². The minimum absolute atomic E-state index is 0.0214. The molecule has 17 heavy (non-hydrogen) atoms. The van der Waals surface area contributed by atoms with Gasteiger partial charge in [-0.3, -0.25) is 4.79 Å². The van der Waals surface area contributed by atoms with Gasteiger partial charge < -0.3 is 10.6 Å². The highest BCUT2D eigenvalue weighted by molar-refractivity contribution is 6.31. The first-order valence-electron chi connectivity index (χ1n) is 5.51. The molecule has 1 aromatic carbocycles. The molecule has 0 aromatic heterocycles. The van der Waals surface area contributed by atoms with Crippen molar-refractivity contribution in [3.63, 3.8) is 0 Å². The van der Waals surface area contributed by atoms with Crippen molar-refractivity contribution < 1.29 is 4.79 Å². The lowest BCUT2D eigenvalue weighted by atomic mass is 10.2. The average Bonchev–Trinajstić information content (AvgIpc) is 2.31. The number of carbonyl (C=O) groups excluding carboxylic acids is 1. The van der Waals surface area contributed by atoms with E-state index in [-0.39, 0.29) is 5.91 Å². The molecule has 1 rings (SSSR count). The second kappa shape index (κ2) is 7.09. The highest BCUT2D eigenvalue weighted by Crippen LogP contribution is 2.22. The monoisotopic (exact) mass is 252 g/mol. The Hall–Kier alpha value is -1.32. The number of hydrogen-bond acceptors (Lipinski definition) is 2. The lowest BCUT2D eigenvalue weighted by Gasteiger charge is -2.09. The zero-order valence-electron chi connectivity index (χ0n) is 9.92. The Bertz CT molecular complexity index is 404. The van der Waals surface area contributed by atoms with E-state index in [1.165, 1.54) is 0 Å². The van der Waals surface area contributed by atoms with Crippen LogP contribution in [-0.4, -0.2) is 19.0 Å². The van der Waals surface area contributed by atoms with Gasteiger partial charge in [0.2, 0.25) is 5.91 Å². The van der Waals surface area contributed by atoms with Crippen molar-refractivity contribution in [1.82, 2.24) is 5.32 Å². The summed E-state index contributed by atoms with van der Waals surface area (Å²) in [5.74, 6) is -0.0214. The minimum Gasteiger partial charge on any atom is -0.326 e. The lowest BCUT2D eigenvalue weighted by molar-refractivity contribution is -0.116. The van der Waals surface area contributed by atoms with Gasteiger partial charge in [0.05, 0.1) is 0 Å². The zero-order chi connectivity index (χ0) is 12.7. The summed E-state index contributed by atoms with van der Waals surface area (Å²) in [5.41, 5.74) is 1.66. The first kappa shape index (κ1) is 13.7. The van der Waals surface area contributed by atoms with Crippen LogP contribution in [0.3, 0.4) is 0 Å². The number of rotatable bonds is 6. The highest BCUT2D eigenvalue weighted by Gasteiger charge is 2.05. The molecular weight excluding hydrogens is 236 g/mol. The molecule has 0 atom stereocenters. The standard InChI is InChI=1S/C13H17ClN2O/c1-3-8-15-9-7-13(17)16-12-6-4-5-11(14)10(12)2/h3-6,15H,1,7-9H2,2H3,(H,16,17). The minimum atomic E-state index is -0.0214. The van der Waals surface area contributed by atoms with E-state index in [1.807, 2.05) is 19.1 Å². The molecule has 0 unspecified atom stereocenters. The van der Waals surface area contributed by atoms with Crippen molar-refractivity contribution >= 4 is 23.2 Å². The second-order valence-electron chi connectivity index (χ2n) is 3.70. The molecule has 0 radical (unpaired) electrons. The van der Waals surface area contributed by atoms with E-state index < -0.39 is 0 Å². The van der Waals surface area contributed by atoms with Gasteiger partial charge >= 0.3 is 0 Å². The summed E-state index contributed by atoms with van der Waals surface area (Å²) < 4.78 is 0. The maximum absolute atomic E-state index is 11.6. The first-order valence-corrected chi connectivity index (χ1v) is 5.89. The molecule has 1 amide bonds. The summed E-state index contributed by atoms with van der Waals surface area (Å²) >= 11 is 5.97. The van der Waals surface area contributed by atoms with Crippen molar-refractivity contribution in [3.05, 3.63) is 41.4 Å². The molecule has 0 heterocycles. The van der Waals surface area contributed by atoms with Crippen LogP contribution in [0.15, 0.2) is 30.9 Å². The molecule has 3 nitrogen and oxygen atoms in total. The summed E-state index contributed by atoms with van der Waals surface area (Å²) in [6, 6.07) is 5.47. The SMILES string of the molecule is C=CCNCCC(=O)Nc1cccc(Cl)c1C. The van der Waals surface area contributed by atoms with E-state index in [4.69, 9.17) is 11.6 Å². The van der Waals surface area contributed by atoms with Gasteiger partial charge in [0.1, 0.15) is 0 Å². The van der Waals surface area contributed by atoms with Crippen LogP contribution in [0.25, 0.3) is 0 Å². The highest BCUT2D eigenvalue weighted by atomic mass is 35.5. The number of halogens is 1. The molecule has 0 aliphatic heterocycles. The van der Waals surface area contributed by atoms with Gasteiger partial charge in [0, 0.05) is 30.2 Å². The van der Waals surface area contributed by atoms with E-state index >= 15 is 0 Å². The van der Waals surface area contributed by atoms with Gasteiger partial charge in [0.25, 0.3) is 0 Å². The Kier molecular flexibility index (Phi) is 5.73. The summed E-state index contributed by atoms with van der Waals surface area (Å²) in [5, 5.41) is 6.57. The van der Waals surface area contributed by atoms with Gasteiger partial charge in [-0.25, -0.2) is 0 Å². The van der Waals surface area contributed by atoms with Crippen molar-refractivity contribution in [1.29, 1.82) is 0 Å². The van der Waals surface area contributed by atoms with E-state index in [9.17, 15) is 4.79 Å². The molecular formula is C13H17ClN2O. The molecule has 0 aliphatic rings. The fourth-order valence-electron chi connectivity index (χ4n) is 1.36. The fourth-order valence-corrected chi connectivity index (χ4v) is 1.54. The number of carbonyl (C=O) groups is 1. The smallest absolute Gasteiger partial charge is 0.225 e. The maximum atomic E-state index is 11.6. The lowest BCUT2D eigenvalue weighted by Crippen LogP contribution is -2.22.